The summed E-state index contributed by atoms with van der Waals surface area (Å²) in [5.74, 6) is 0.908. The van der Waals surface area contributed by atoms with Crippen molar-refractivity contribution in [3.8, 4) is 5.75 Å². The minimum Gasteiger partial charge on any atom is -0.492 e. The molecular formula is C19H21N3O. The molecule has 23 heavy (non-hydrogen) atoms. The van der Waals surface area contributed by atoms with Crippen LogP contribution in [0.25, 0.3) is 21.8 Å². The van der Waals surface area contributed by atoms with Crippen molar-refractivity contribution in [1.29, 1.82) is 0 Å². The van der Waals surface area contributed by atoms with Gasteiger partial charge in [-0.2, -0.15) is 0 Å². The summed E-state index contributed by atoms with van der Waals surface area (Å²) in [5, 5.41) is 2.11. The first-order chi connectivity index (χ1) is 11.4. The van der Waals surface area contributed by atoms with E-state index in [-0.39, 0.29) is 0 Å². The van der Waals surface area contributed by atoms with Crippen LogP contribution in [0, 0.1) is 0 Å². The van der Waals surface area contributed by atoms with Crippen molar-refractivity contribution in [3.63, 3.8) is 0 Å². The van der Waals surface area contributed by atoms with E-state index in [2.05, 4.69) is 33.1 Å². The quantitative estimate of drug-likeness (QED) is 0.690. The lowest BCUT2D eigenvalue weighted by molar-refractivity contribution is 0.184. The van der Waals surface area contributed by atoms with Crippen LogP contribution in [0.4, 0.5) is 0 Å². The highest BCUT2D eigenvalue weighted by Gasteiger charge is 2.12. The Morgan fingerprint density at radius 2 is 1.74 bits per heavy atom. The second-order valence-corrected chi connectivity index (χ2v) is 6.10. The van der Waals surface area contributed by atoms with Crippen molar-refractivity contribution in [2.75, 3.05) is 26.2 Å². The molecule has 0 saturated carbocycles. The lowest BCUT2D eigenvalue weighted by Crippen LogP contribution is -2.33. The zero-order valence-corrected chi connectivity index (χ0v) is 13.2. The van der Waals surface area contributed by atoms with E-state index < -0.39 is 0 Å². The fourth-order valence-electron chi connectivity index (χ4n) is 3.33. The van der Waals surface area contributed by atoms with Crippen LogP contribution in [0.15, 0.2) is 42.7 Å². The smallest absolute Gasteiger partial charge is 0.129 e. The number of hydrogen-bond donors (Lipinski definition) is 0. The number of nitrogens with zero attached hydrogens (tertiary/aromatic N) is 3. The molecular weight excluding hydrogens is 286 g/mol. The zero-order valence-electron chi connectivity index (χ0n) is 13.2. The standard InChI is InChI=1S/C19H21N3O/c1-2-10-22(11-3-1)12-13-23-17-14-15-6-4-8-20-18(15)19-16(17)7-5-9-21-19/h4-9,14H,1-3,10-13H2. The minimum absolute atomic E-state index is 0.718. The van der Waals surface area contributed by atoms with Crippen LogP contribution in [0.2, 0.25) is 0 Å². The van der Waals surface area contributed by atoms with Crippen LogP contribution in [0.1, 0.15) is 19.3 Å². The second-order valence-electron chi connectivity index (χ2n) is 6.10. The number of ether oxygens (including phenoxy) is 1. The van der Waals surface area contributed by atoms with Gasteiger partial charge in [-0.15, -0.1) is 0 Å². The van der Waals surface area contributed by atoms with E-state index in [0.29, 0.717) is 0 Å². The van der Waals surface area contributed by atoms with Crippen molar-refractivity contribution in [2.24, 2.45) is 0 Å². The van der Waals surface area contributed by atoms with Crippen LogP contribution < -0.4 is 4.74 Å². The lowest BCUT2D eigenvalue weighted by Gasteiger charge is -2.26. The first-order valence-electron chi connectivity index (χ1n) is 8.39. The number of pyridine rings is 2. The molecule has 2 aromatic heterocycles. The molecule has 0 aliphatic carbocycles. The molecule has 0 N–H and O–H groups in total. The Bertz CT molecular complexity index is 812. The van der Waals surface area contributed by atoms with E-state index in [1.807, 2.05) is 24.5 Å². The third kappa shape index (κ3) is 2.99. The Kier molecular flexibility index (Phi) is 4.07. The molecule has 4 nitrogen and oxygen atoms in total. The molecule has 1 saturated heterocycles. The van der Waals surface area contributed by atoms with E-state index >= 15 is 0 Å². The molecule has 0 amide bonds. The highest BCUT2D eigenvalue weighted by atomic mass is 16.5. The van der Waals surface area contributed by atoms with Gasteiger partial charge < -0.3 is 4.74 Å². The van der Waals surface area contributed by atoms with Crippen molar-refractivity contribution < 1.29 is 4.74 Å². The number of aromatic nitrogens is 2. The monoisotopic (exact) mass is 307 g/mol. The lowest BCUT2D eigenvalue weighted by atomic mass is 10.1. The van der Waals surface area contributed by atoms with Gasteiger partial charge in [0.1, 0.15) is 17.9 Å². The molecule has 3 heterocycles. The second kappa shape index (κ2) is 6.50. The Morgan fingerprint density at radius 3 is 2.61 bits per heavy atom. The average molecular weight is 307 g/mol. The molecule has 0 unspecified atom stereocenters. The fourth-order valence-corrected chi connectivity index (χ4v) is 3.33. The Labute approximate surface area is 136 Å². The van der Waals surface area contributed by atoms with Gasteiger partial charge in [0.2, 0.25) is 0 Å². The van der Waals surface area contributed by atoms with Gasteiger partial charge in [-0.25, -0.2) is 0 Å². The number of likely N-dealkylation sites (tertiary alicyclic amines) is 1. The van der Waals surface area contributed by atoms with Gasteiger partial charge in [0.25, 0.3) is 0 Å². The van der Waals surface area contributed by atoms with Crippen molar-refractivity contribution >= 4 is 21.8 Å². The molecule has 0 radical (unpaired) electrons. The number of fused-ring (bicyclic) bond motifs is 3. The summed E-state index contributed by atoms with van der Waals surface area (Å²) in [5.41, 5.74) is 1.85. The maximum Gasteiger partial charge on any atom is 0.129 e. The van der Waals surface area contributed by atoms with Crippen LogP contribution in [0.5, 0.6) is 5.75 Å². The molecule has 4 rings (SSSR count). The molecule has 0 spiro atoms. The fraction of sp³-hybridized carbons (Fsp3) is 0.368. The summed E-state index contributed by atoms with van der Waals surface area (Å²) in [7, 11) is 0. The van der Waals surface area contributed by atoms with Gasteiger partial charge in [-0.3, -0.25) is 14.9 Å². The van der Waals surface area contributed by atoms with E-state index in [9.17, 15) is 0 Å². The molecule has 1 aromatic carbocycles. The molecule has 1 aliphatic heterocycles. The van der Waals surface area contributed by atoms with Gasteiger partial charge in [-0.05, 0) is 50.2 Å². The summed E-state index contributed by atoms with van der Waals surface area (Å²) >= 11 is 0. The summed E-state index contributed by atoms with van der Waals surface area (Å²) in [4.78, 5) is 11.5. The van der Waals surface area contributed by atoms with Crippen molar-refractivity contribution in [2.45, 2.75) is 19.3 Å². The molecule has 4 heteroatoms. The first kappa shape index (κ1) is 14.4. The maximum absolute atomic E-state index is 6.12. The van der Waals surface area contributed by atoms with Crippen LogP contribution in [-0.2, 0) is 0 Å². The van der Waals surface area contributed by atoms with E-state index in [0.717, 1.165) is 40.7 Å². The van der Waals surface area contributed by atoms with Crippen LogP contribution in [0.3, 0.4) is 0 Å². The predicted molar refractivity (Wildman–Crippen MR) is 92.8 cm³/mol. The number of hydrogen-bond acceptors (Lipinski definition) is 4. The highest BCUT2D eigenvalue weighted by Crippen LogP contribution is 2.30. The number of benzene rings is 1. The molecule has 1 fully saturated rings. The number of rotatable bonds is 4. The largest absolute Gasteiger partial charge is 0.492 e. The Balaban J connectivity index is 1.60. The topological polar surface area (TPSA) is 38.2 Å². The maximum atomic E-state index is 6.12. The average Bonchev–Trinajstić information content (AvgIpc) is 2.63. The van der Waals surface area contributed by atoms with Crippen LogP contribution in [-0.4, -0.2) is 41.1 Å². The predicted octanol–water partition coefficient (Wildman–Crippen LogP) is 3.65. The zero-order chi connectivity index (χ0) is 15.5. The van der Waals surface area contributed by atoms with Gasteiger partial charge in [0.05, 0.1) is 5.52 Å². The third-order valence-corrected chi connectivity index (χ3v) is 4.54. The SMILES string of the molecule is c1cnc2c(c1)cc(OCCN1CCCCC1)c1cccnc12. The van der Waals surface area contributed by atoms with Crippen LogP contribution >= 0.6 is 0 Å². The first-order valence-corrected chi connectivity index (χ1v) is 8.39. The van der Waals surface area contributed by atoms with Gasteiger partial charge in [-0.1, -0.05) is 12.5 Å². The minimum atomic E-state index is 0.718. The summed E-state index contributed by atoms with van der Waals surface area (Å²) in [6, 6.07) is 10.1. The molecule has 0 bridgehead atoms. The molecule has 118 valence electrons. The Hall–Kier alpha value is -2.20. The van der Waals surface area contributed by atoms with E-state index in [1.165, 1.54) is 32.4 Å². The van der Waals surface area contributed by atoms with Crippen molar-refractivity contribution in [1.82, 2.24) is 14.9 Å². The Morgan fingerprint density at radius 1 is 0.957 bits per heavy atom. The van der Waals surface area contributed by atoms with Gasteiger partial charge in [0, 0.05) is 29.7 Å². The number of piperidine rings is 1. The molecule has 0 atom stereocenters. The van der Waals surface area contributed by atoms with Crippen molar-refractivity contribution in [3.05, 3.63) is 42.7 Å². The summed E-state index contributed by atoms with van der Waals surface area (Å²) in [6.07, 6.45) is 7.62. The third-order valence-electron chi connectivity index (χ3n) is 4.54. The van der Waals surface area contributed by atoms with E-state index in [4.69, 9.17) is 4.74 Å². The van der Waals surface area contributed by atoms with Gasteiger partial charge in [0.15, 0.2) is 0 Å². The summed E-state index contributed by atoms with van der Waals surface area (Å²) < 4.78 is 6.12. The molecule has 3 aromatic rings. The summed E-state index contributed by atoms with van der Waals surface area (Å²) in [6.45, 7) is 4.11. The molecule has 1 aliphatic rings. The van der Waals surface area contributed by atoms with Gasteiger partial charge >= 0.3 is 0 Å². The van der Waals surface area contributed by atoms with E-state index in [1.54, 1.807) is 0 Å². The normalized spacial score (nSPS) is 16.0. The highest BCUT2D eigenvalue weighted by molar-refractivity contribution is 6.05.